The lowest BCUT2D eigenvalue weighted by atomic mass is 9.93. The van der Waals surface area contributed by atoms with Gasteiger partial charge in [-0.15, -0.1) is 0 Å². The first-order valence-corrected chi connectivity index (χ1v) is 43.8. The van der Waals surface area contributed by atoms with Crippen LogP contribution in [0.2, 0.25) is 0 Å². The Bertz CT molecular complexity index is 2250. The zero-order valence-electron chi connectivity index (χ0n) is 46.7. The van der Waals surface area contributed by atoms with Crippen LogP contribution in [0.5, 0.6) is 0 Å². The van der Waals surface area contributed by atoms with Crippen LogP contribution in [0.25, 0.3) is 0 Å². The Hall–Kier alpha value is 1.71. The molecule has 0 bridgehead atoms. The molecule has 18 nitrogen and oxygen atoms in total. The van der Waals surface area contributed by atoms with Crippen molar-refractivity contribution in [1.29, 1.82) is 0 Å². The van der Waals surface area contributed by atoms with E-state index in [1.807, 2.05) is 27.7 Å². The van der Waals surface area contributed by atoms with E-state index in [-0.39, 0.29) is 66.6 Å². The summed E-state index contributed by atoms with van der Waals surface area (Å²) in [4.78, 5) is 0. The summed E-state index contributed by atoms with van der Waals surface area (Å²) in [5.41, 5.74) is -1.46. The summed E-state index contributed by atoms with van der Waals surface area (Å²) in [5, 5.41) is 0. The van der Waals surface area contributed by atoms with Crippen molar-refractivity contribution < 1.29 is 79.9 Å². The molecule has 3 aliphatic heterocycles. The van der Waals surface area contributed by atoms with Gasteiger partial charge in [0.05, 0.1) is 53.9 Å². The van der Waals surface area contributed by atoms with Crippen LogP contribution in [0.4, 0.5) is 0 Å². The van der Waals surface area contributed by atoms with Crippen LogP contribution in [0.3, 0.4) is 0 Å². The zero-order valence-corrected chi connectivity index (χ0v) is 54.7. The predicted octanol–water partition coefficient (Wildman–Crippen LogP) is 20.5. The third-order valence-corrected chi connectivity index (χ3v) is 42.5. The van der Waals surface area contributed by atoms with Gasteiger partial charge in [0.2, 0.25) is 0 Å². The van der Waals surface area contributed by atoms with E-state index in [0.29, 0.717) is 108 Å². The lowest BCUT2D eigenvalue weighted by molar-refractivity contribution is 0.256. The van der Waals surface area contributed by atoms with Crippen molar-refractivity contribution in [3.63, 3.8) is 0 Å². The first kappa shape index (κ1) is 65.9. The topological polar surface area (TPSA) is 237 Å². The molecular weight excluding hydrogens is 1140 g/mol. The Morgan fingerprint density at radius 2 is 0.640 bits per heavy atom. The van der Waals surface area contributed by atoms with Crippen LogP contribution < -0.4 is 0 Å². The maximum atomic E-state index is 14.7. The molecular formula is C48H95O18P9. The molecule has 6 rings (SSSR count). The van der Waals surface area contributed by atoms with Gasteiger partial charge >= 0.3 is 68.4 Å². The van der Waals surface area contributed by atoms with Crippen LogP contribution in [0.15, 0.2) is 0 Å². The Morgan fingerprint density at radius 1 is 0.320 bits per heavy atom. The van der Waals surface area contributed by atoms with E-state index in [2.05, 4.69) is 34.6 Å². The third-order valence-electron chi connectivity index (χ3n) is 15.9. The van der Waals surface area contributed by atoms with E-state index in [4.69, 9.17) is 38.8 Å². The van der Waals surface area contributed by atoms with Crippen LogP contribution in [0.1, 0.15) is 210 Å². The summed E-state index contributed by atoms with van der Waals surface area (Å²) in [5.74, 6) is 1.07. The molecule has 3 saturated heterocycles. The molecule has 3 saturated carbocycles. The minimum Gasteiger partial charge on any atom is -0.259 e. The molecule has 0 aromatic rings. The molecule has 0 amide bonds. The second-order valence-corrected chi connectivity index (χ2v) is 46.0. The zero-order chi connectivity index (χ0) is 55.1. The maximum Gasteiger partial charge on any atom is 0.348 e. The highest BCUT2D eigenvalue weighted by Crippen LogP contribution is 2.89. The fourth-order valence-corrected chi connectivity index (χ4v) is 42.0. The first-order valence-electron chi connectivity index (χ1n) is 28.6. The van der Waals surface area contributed by atoms with Gasteiger partial charge in [-0.3, -0.25) is 41.1 Å². The van der Waals surface area contributed by atoms with Crippen LogP contribution in [-0.2, 0) is 79.9 Å². The standard InChI is InChI=1S/C48H95O18P9/c1-39(2)17-14-31-67(49)58-68(50,32-15-18-40(3)4)60-69(51,59-67)33-16-19-42(7)24-25-43(8)29-35-71(53)61-70(52,34-28-41(5)6)62-72(54,63-71)36-30-44(9)37-45-26-27-48(38-45)75(57)65-73(55,46-20-10-11-21-46)64-74(56,66-75)47-22-12-13-23-47/h39-48H,10-38H2,1-9H3. The minimum atomic E-state index is -4.17. The number of hydrogen-bond acceptors (Lipinski definition) is 18. The average Bonchev–Trinajstić information content (AvgIpc) is 4.10. The van der Waals surface area contributed by atoms with Crippen molar-refractivity contribution in [2.75, 3.05) is 37.0 Å². The summed E-state index contributed by atoms with van der Waals surface area (Å²) >= 11 is 0. The highest BCUT2D eigenvalue weighted by atomic mass is 31.3. The van der Waals surface area contributed by atoms with Gasteiger partial charge in [-0.1, -0.05) is 120 Å². The molecule has 0 radical (unpaired) electrons. The highest BCUT2D eigenvalue weighted by Gasteiger charge is 2.62. The minimum absolute atomic E-state index is 0.0302. The Labute approximate surface area is 451 Å². The van der Waals surface area contributed by atoms with Gasteiger partial charge in [0.1, 0.15) is 0 Å². The molecule has 12 unspecified atom stereocenters. The number of rotatable bonds is 29. The van der Waals surface area contributed by atoms with Gasteiger partial charge in [-0.25, -0.2) is 38.8 Å². The molecule has 3 heterocycles. The molecule has 75 heavy (non-hydrogen) atoms. The molecule has 27 heteroatoms. The van der Waals surface area contributed by atoms with Gasteiger partial charge in [0.15, 0.2) is 0 Å². The van der Waals surface area contributed by atoms with E-state index in [1.165, 1.54) is 0 Å². The third kappa shape index (κ3) is 19.6. The van der Waals surface area contributed by atoms with E-state index in [0.717, 1.165) is 51.4 Å². The predicted molar refractivity (Wildman–Crippen MR) is 300 cm³/mol. The van der Waals surface area contributed by atoms with Gasteiger partial charge in [0.25, 0.3) is 0 Å². The largest absolute Gasteiger partial charge is 0.348 e. The van der Waals surface area contributed by atoms with Crippen LogP contribution >= 0.6 is 68.4 Å². The van der Waals surface area contributed by atoms with Gasteiger partial charge < -0.3 is 0 Å². The van der Waals surface area contributed by atoms with Crippen molar-refractivity contribution >= 4 is 68.4 Å². The van der Waals surface area contributed by atoms with E-state index < -0.39 is 85.3 Å². The van der Waals surface area contributed by atoms with Crippen molar-refractivity contribution in [1.82, 2.24) is 0 Å². The molecule has 0 aromatic carbocycles. The second kappa shape index (κ2) is 27.6. The summed E-state index contributed by atoms with van der Waals surface area (Å²) in [7, 11) is -36.2. The lowest BCUT2D eigenvalue weighted by Crippen LogP contribution is -2.21. The van der Waals surface area contributed by atoms with Crippen molar-refractivity contribution in [2.45, 2.75) is 227 Å². The summed E-state index contributed by atoms with van der Waals surface area (Å²) < 4.78 is 181. The molecule has 0 aromatic heterocycles. The number of hydrogen-bond donors (Lipinski definition) is 0. The lowest BCUT2D eigenvalue weighted by Gasteiger charge is -2.40. The molecule has 3 aliphatic carbocycles. The molecule has 0 N–H and O–H groups in total. The molecule has 12 atom stereocenters. The van der Waals surface area contributed by atoms with E-state index in [1.54, 1.807) is 0 Å². The highest BCUT2D eigenvalue weighted by molar-refractivity contribution is 7.82. The smallest absolute Gasteiger partial charge is 0.259 e. The van der Waals surface area contributed by atoms with E-state index in [9.17, 15) is 41.1 Å². The van der Waals surface area contributed by atoms with Gasteiger partial charge in [0, 0.05) is 0 Å². The SMILES string of the molecule is CC(C)CCCP1(=O)OP(=O)(CCCC(C)C)OP(=O)(CCCC(C)CCC(C)CCP2(=O)OP(=O)(CCC(C)C)OP(=O)(CCC(C)CC3CCC(P4(=O)OP(=O)(C5CCCC5)OP(=O)(C5CCCC5)O4)C3)O2)O1. The Kier molecular flexibility index (Phi) is 24.2. The monoisotopic (exact) mass is 1240 g/mol. The van der Waals surface area contributed by atoms with Crippen molar-refractivity contribution in [2.24, 2.45) is 41.4 Å². The Balaban J connectivity index is 0.994. The Morgan fingerprint density at radius 3 is 1.03 bits per heavy atom. The van der Waals surface area contributed by atoms with Gasteiger partial charge in [-0.2, -0.15) is 0 Å². The van der Waals surface area contributed by atoms with Crippen molar-refractivity contribution in [3.05, 3.63) is 0 Å². The first-order chi connectivity index (χ1) is 34.9. The van der Waals surface area contributed by atoms with Crippen LogP contribution in [0, 0.1) is 41.4 Å². The molecule has 440 valence electrons. The fourth-order valence-electron chi connectivity index (χ4n) is 11.4. The summed E-state index contributed by atoms with van der Waals surface area (Å²) in [6.07, 6.45) is 14.2. The fraction of sp³-hybridized carbons (Fsp3) is 1.00. The van der Waals surface area contributed by atoms with Crippen molar-refractivity contribution in [3.8, 4) is 0 Å². The summed E-state index contributed by atoms with van der Waals surface area (Å²) in [6, 6.07) is 0. The maximum absolute atomic E-state index is 14.7. The van der Waals surface area contributed by atoms with E-state index >= 15 is 0 Å². The normalized spacial score (nSPS) is 40.5. The second-order valence-electron chi connectivity index (χ2n) is 24.7. The molecule has 6 fully saturated rings. The van der Waals surface area contributed by atoms with Crippen LogP contribution in [-0.4, -0.2) is 53.9 Å². The summed E-state index contributed by atoms with van der Waals surface area (Å²) in [6.45, 7) is 18.2. The van der Waals surface area contributed by atoms with Gasteiger partial charge in [-0.05, 0) is 131 Å². The molecule has 6 aliphatic rings. The average molecular weight is 1240 g/mol. The molecule has 0 spiro atoms. The quantitative estimate of drug-likeness (QED) is 0.0633.